The van der Waals surface area contributed by atoms with Crippen LogP contribution in [0.25, 0.3) is 11.0 Å². The van der Waals surface area contributed by atoms with Crippen LogP contribution < -0.4 is 0 Å². The molecule has 0 N–H and O–H groups in total. The molecular formula is C27H36FN3O. The summed E-state index contributed by atoms with van der Waals surface area (Å²) in [5.74, 6) is 5.33. The van der Waals surface area contributed by atoms with Crippen LogP contribution in [0.15, 0.2) is 18.2 Å². The Morgan fingerprint density at radius 3 is 2.72 bits per heavy atom. The van der Waals surface area contributed by atoms with Gasteiger partial charge in [-0.1, -0.05) is 20.3 Å². The Morgan fingerprint density at radius 2 is 1.84 bits per heavy atom. The number of benzene rings is 1. The van der Waals surface area contributed by atoms with Crippen molar-refractivity contribution < 1.29 is 9.18 Å². The van der Waals surface area contributed by atoms with Crippen molar-refractivity contribution >= 4 is 16.8 Å². The molecule has 0 amide bonds. The van der Waals surface area contributed by atoms with E-state index in [2.05, 4.69) is 24.0 Å². The molecule has 8 unspecified atom stereocenters. The summed E-state index contributed by atoms with van der Waals surface area (Å²) >= 11 is 0. The van der Waals surface area contributed by atoms with Crippen molar-refractivity contribution in [1.82, 2.24) is 15.0 Å². The lowest BCUT2D eigenvalue weighted by Gasteiger charge is -2.56. The van der Waals surface area contributed by atoms with Crippen LogP contribution in [0.5, 0.6) is 0 Å². The molecule has 4 saturated carbocycles. The molecule has 1 aromatic heterocycles. The molecule has 4 aliphatic carbocycles. The number of fused-ring (bicyclic) bond motifs is 6. The molecule has 8 atom stereocenters. The summed E-state index contributed by atoms with van der Waals surface area (Å²) in [4.78, 5) is 15.0. The van der Waals surface area contributed by atoms with Crippen LogP contribution in [0.3, 0.4) is 0 Å². The number of hydrogen-bond donors (Lipinski definition) is 0. The van der Waals surface area contributed by atoms with Crippen molar-refractivity contribution in [2.45, 2.75) is 78.2 Å². The second kappa shape index (κ2) is 7.63. The fourth-order valence-electron chi connectivity index (χ4n) is 8.87. The van der Waals surface area contributed by atoms with E-state index < -0.39 is 0 Å². The van der Waals surface area contributed by atoms with Gasteiger partial charge in [-0.25, -0.2) is 4.39 Å². The number of nitrogens with zero attached hydrogens (tertiary/aromatic N) is 3. The molecule has 1 aromatic carbocycles. The van der Waals surface area contributed by atoms with Gasteiger partial charge in [0.25, 0.3) is 0 Å². The maximum Gasteiger partial charge on any atom is 0.159 e. The molecule has 2 aromatic rings. The predicted molar refractivity (Wildman–Crippen MR) is 122 cm³/mol. The number of hydrogen-bond acceptors (Lipinski definition) is 3. The van der Waals surface area contributed by atoms with E-state index in [1.165, 1.54) is 68.3 Å². The number of rotatable bonds is 3. The fourth-order valence-corrected chi connectivity index (χ4v) is 8.87. The molecule has 4 fully saturated rings. The van der Waals surface area contributed by atoms with E-state index in [0.29, 0.717) is 17.0 Å². The van der Waals surface area contributed by atoms with Gasteiger partial charge in [0.1, 0.15) is 23.4 Å². The van der Waals surface area contributed by atoms with Gasteiger partial charge in [-0.3, -0.25) is 4.79 Å². The maximum atomic E-state index is 13.5. The zero-order valence-electron chi connectivity index (χ0n) is 19.5. The first-order valence-corrected chi connectivity index (χ1v) is 13.0. The van der Waals surface area contributed by atoms with Gasteiger partial charge in [0.15, 0.2) is 5.78 Å². The molecule has 6 rings (SSSR count). The van der Waals surface area contributed by atoms with Crippen LogP contribution >= 0.6 is 0 Å². The van der Waals surface area contributed by atoms with E-state index in [0.717, 1.165) is 36.0 Å². The third-order valence-corrected chi connectivity index (χ3v) is 10.3. The highest BCUT2D eigenvalue weighted by atomic mass is 19.1. The SMILES string of the molecule is CC1CCC2C(CCC3C2CCC2(C)C(C(=O)Cn4nc5ccc(F)cc5n4)CCC32)C1. The minimum Gasteiger partial charge on any atom is -0.297 e. The Morgan fingerprint density at radius 1 is 1.03 bits per heavy atom. The van der Waals surface area contributed by atoms with Crippen LogP contribution in [-0.4, -0.2) is 20.8 Å². The number of Topliss-reactive ketones (excluding diaryl/α,β-unsaturated/α-hetero) is 1. The second-order valence-corrected chi connectivity index (χ2v) is 11.9. The Bertz CT molecular complexity index is 1030. The van der Waals surface area contributed by atoms with E-state index in [4.69, 9.17) is 0 Å². The number of halogens is 1. The lowest BCUT2D eigenvalue weighted by atomic mass is 9.49. The van der Waals surface area contributed by atoms with Gasteiger partial charge in [-0.05, 0) is 104 Å². The third kappa shape index (κ3) is 3.25. The van der Waals surface area contributed by atoms with Gasteiger partial charge < -0.3 is 0 Å². The van der Waals surface area contributed by atoms with E-state index >= 15 is 0 Å². The van der Waals surface area contributed by atoms with Gasteiger partial charge in [0.2, 0.25) is 0 Å². The van der Waals surface area contributed by atoms with Crippen molar-refractivity contribution in [3.63, 3.8) is 0 Å². The first-order valence-electron chi connectivity index (χ1n) is 13.0. The van der Waals surface area contributed by atoms with Crippen LogP contribution in [0.2, 0.25) is 0 Å². The number of ketones is 1. The molecule has 0 saturated heterocycles. The summed E-state index contributed by atoms with van der Waals surface area (Å²) in [5.41, 5.74) is 1.30. The summed E-state index contributed by atoms with van der Waals surface area (Å²) in [7, 11) is 0. The van der Waals surface area contributed by atoms with Crippen molar-refractivity contribution in [2.75, 3.05) is 0 Å². The van der Waals surface area contributed by atoms with E-state index in [9.17, 15) is 9.18 Å². The molecule has 0 aliphatic heterocycles. The van der Waals surface area contributed by atoms with Crippen molar-refractivity contribution in [3.05, 3.63) is 24.0 Å². The Hall–Kier alpha value is -1.78. The number of aromatic nitrogens is 3. The van der Waals surface area contributed by atoms with Gasteiger partial charge in [-0.15, -0.1) is 0 Å². The Labute approximate surface area is 190 Å². The largest absolute Gasteiger partial charge is 0.297 e. The Kier molecular flexibility index (Phi) is 4.96. The average molecular weight is 438 g/mol. The monoisotopic (exact) mass is 437 g/mol. The molecular weight excluding hydrogens is 401 g/mol. The first-order chi connectivity index (χ1) is 15.4. The topological polar surface area (TPSA) is 47.8 Å². The highest BCUT2D eigenvalue weighted by molar-refractivity contribution is 5.82. The van der Waals surface area contributed by atoms with Crippen LogP contribution in [0.1, 0.15) is 71.6 Å². The fraction of sp³-hybridized carbons (Fsp3) is 0.741. The quantitative estimate of drug-likeness (QED) is 0.588. The predicted octanol–water partition coefficient (Wildman–Crippen LogP) is 6.04. The van der Waals surface area contributed by atoms with Crippen molar-refractivity contribution in [2.24, 2.45) is 46.8 Å². The molecule has 0 spiro atoms. The standard InChI is InChI=1S/C27H36FN3O/c1-16-3-6-19-17(13-16)4-7-21-20(19)11-12-27(2)22(21)8-9-23(27)26(32)15-31-29-24-10-5-18(28)14-25(24)30-31/h5,10,14,16-17,19-23H,3-4,6-9,11-13,15H2,1-2H3. The molecule has 5 heteroatoms. The second-order valence-electron chi connectivity index (χ2n) is 11.9. The summed E-state index contributed by atoms with van der Waals surface area (Å²) in [6.07, 6.45) is 11.9. The van der Waals surface area contributed by atoms with E-state index in [-0.39, 0.29) is 29.5 Å². The zero-order valence-corrected chi connectivity index (χ0v) is 19.5. The summed E-state index contributed by atoms with van der Waals surface area (Å²) in [5, 5.41) is 8.80. The molecule has 4 nitrogen and oxygen atoms in total. The Balaban J connectivity index is 1.19. The first kappa shape index (κ1) is 20.8. The number of carbonyl (C=O) groups excluding carboxylic acids is 1. The number of carbonyl (C=O) groups is 1. The minimum absolute atomic E-state index is 0.114. The van der Waals surface area contributed by atoms with Crippen molar-refractivity contribution in [3.8, 4) is 0 Å². The van der Waals surface area contributed by atoms with Gasteiger partial charge >= 0.3 is 0 Å². The van der Waals surface area contributed by atoms with Gasteiger partial charge in [-0.2, -0.15) is 15.0 Å². The molecule has 1 heterocycles. The molecule has 0 bridgehead atoms. The molecule has 0 radical (unpaired) electrons. The zero-order chi connectivity index (χ0) is 22.0. The van der Waals surface area contributed by atoms with E-state index in [1.807, 2.05) is 0 Å². The summed E-state index contributed by atoms with van der Waals surface area (Å²) < 4.78 is 13.5. The van der Waals surface area contributed by atoms with Crippen molar-refractivity contribution in [1.29, 1.82) is 0 Å². The highest BCUT2D eigenvalue weighted by Gasteiger charge is 2.58. The normalized spacial score (nSPS) is 41.2. The minimum atomic E-state index is -0.319. The van der Waals surface area contributed by atoms with Gasteiger partial charge in [0.05, 0.1) is 0 Å². The maximum absolute atomic E-state index is 13.5. The van der Waals surface area contributed by atoms with E-state index in [1.54, 1.807) is 6.07 Å². The lowest BCUT2D eigenvalue weighted by molar-refractivity contribution is -0.131. The molecule has 4 aliphatic rings. The smallest absolute Gasteiger partial charge is 0.159 e. The van der Waals surface area contributed by atoms with Gasteiger partial charge in [0, 0.05) is 12.0 Å². The summed E-state index contributed by atoms with van der Waals surface area (Å²) in [6, 6.07) is 4.42. The average Bonchev–Trinajstić information content (AvgIpc) is 3.32. The van der Waals surface area contributed by atoms with Crippen LogP contribution in [0, 0.1) is 52.7 Å². The molecule has 172 valence electrons. The van der Waals surface area contributed by atoms with Crippen LogP contribution in [-0.2, 0) is 11.3 Å². The summed E-state index contributed by atoms with van der Waals surface area (Å²) in [6.45, 7) is 5.07. The third-order valence-electron chi connectivity index (χ3n) is 10.3. The highest BCUT2D eigenvalue weighted by Crippen LogP contribution is 2.64. The molecule has 32 heavy (non-hydrogen) atoms. The lowest BCUT2D eigenvalue weighted by Crippen LogP contribution is -2.49. The van der Waals surface area contributed by atoms with Crippen LogP contribution in [0.4, 0.5) is 4.39 Å².